The van der Waals surface area contributed by atoms with Gasteiger partial charge in [0.2, 0.25) is 0 Å². The molecule has 2 unspecified atom stereocenters. The fraction of sp³-hybridized carbons (Fsp3) is 0.400. The fourth-order valence-electron chi connectivity index (χ4n) is 2.26. The summed E-state index contributed by atoms with van der Waals surface area (Å²) in [5.74, 6) is 3.31. The van der Waals surface area contributed by atoms with Crippen molar-refractivity contribution >= 4 is 5.69 Å². The highest BCUT2D eigenvalue weighted by Crippen LogP contribution is 2.26. The molecule has 0 spiro atoms. The normalized spacial score (nSPS) is 24.8. The minimum absolute atomic E-state index is 0.557. The minimum Gasteiger partial charge on any atom is -0.382 e. The largest absolute Gasteiger partial charge is 0.382 e. The first kappa shape index (κ1) is 11.1. The molecule has 1 nitrogen and oxygen atoms in total. The molecule has 1 aliphatic carbocycles. The Morgan fingerprint density at radius 2 is 2.31 bits per heavy atom. The Balaban J connectivity index is 2.05. The van der Waals surface area contributed by atoms with E-state index in [1.807, 2.05) is 18.2 Å². The average molecular weight is 212 g/mol. The number of rotatable bonds is 2. The van der Waals surface area contributed by atoms with Crippen LogP contribution in [-0.4, -0.2) is 6.04 Å². The number of benzene rings is 1. The first-order valence-corrected chi connectivity index (χ1v) is 5.96. The van der Waals surface area contributed by atoms with Gasteiger partial charge in [0.1, 0.15) is 0 Å². The van der Waals surface area contributed by atoms with Crippen molar-refractivity contribution in [1.29, 1.82) is 0 Å². The molecule has 2 atom stereocenters. The second-order valence-corrected chi connectivity index (χ2v) is 4.50. The van der Waals surface area contributed by atoms with Crippen molar-refractivity contribution in [2.75, 3.05) is 5.32 Å². The maximum Gasteiger partial charge on any atom is 0.0354 e. The van der Waals surface area contributed by atoms with Crippen LogP contribution in [0.1, 0.15) is 31.7 Å². The van der Waals surface area contributed by atoms with E-state index in [-0.39, 0.29) is 0 Å². The number of hydrogen-bond acceptors (Lipinski definition) is 1. The Kier molecular flexibility index (Phi) is 3.51. The van der Waals surface area contributed by atoms with E-state index in [0.717, 1.165) is 11.3 Å². The summed E-state index contributed by atoms with van der Waals surface area (Å²) < 4.78 is 0. The van der Waals surface area contributed by atoms with E-state index in [4.69, 9.17) is 6.42 Å². The van der Waals surface area contributed by atoms with Crippen LogP contribution in [0.4, 0.5) is 5.69 Å². The van der Waals surface area contributed by atoms with E-state index in [9.17, 15) is 0 Å². The van der Waals surface area contributed by atoms with Crippen LogP contribution in [0.25, 0.3) is 0 Å². The molecule has 1 N–H and O–H groups in total. The standard InChI is InChI=1S/C15H18N/c1-3-13-8-6-9-14(11-13)16-15-10-5-4-7-12(15)2/h1,6-9,11-12,15-16H,4-5,10H2,2H3. The van der Waals surface area contributed by atoms with E-state index in [2.05, 4.69) is 30.6 Å². The Morgan fingerprint density at radius 1 is 1.44 bits per heavy atom. The number of anilines is 1. The van der Waals surface area contributed by atoms with Gasteiger partial charge in [0.25, 0.3) is 0 Å². The highest BCUT2D eigenvalue weighted by Gasteiger charge is 2.20. The van der Waals surface area contributed by atoms with Crippen molar-refractivity contribution in [1.82, 2.24) is 0 Å². The second kappa shape index (κ2) is 5.07. The molecule has 1 aliphatic rings. The SMILES string of the molecule is C#Cc1cccc(NC2CCC[CH]C2C)c1. The van der Waals surface area contributed by atoms with Gasteiger partial charge in [0, 0.05) is 17.3 Å². The zero-order valence-corrected chi connectivity index (χ0v) is 9.74. The molecule has 2 rings (SSSR count). The maximum atomic E-state index is 5.40. The topological polar surface area (TPSA) is 12.0 Å². The number of nitrogens with one attached hydrogen (secondary N) is 1. The second-order valence-electron chi connectivity index (χ2n) is 4.50. The van der Waals surface area contributed by atoms with E-state index in [0.29, 0.717) is 12.0 Å². The van der Waals surface area contributed by atoms with Gasteiger partial charge in [-0.25, -0.2) is 0 Å². The Morgan fingerprint density at radius 3 is 3.06 bits per heavy atom. The van der Waals surface area contributed by atoms with E-state index >= 15 is 0 Å². The average Bonchev–Trinajstić information content (AvgIpc) is 2.32. The van der Waals surface area contributed by atoms with Gasteiger partial charge in [0.15, 0.2) is 0 Å². The molecular weight excluding hydrogens is 194 g/mol. The predicted octanol–water partition coefficient (Wildman–Crippen LogP) is 3.47. The van der Waals surface area contributed by atoms with E-state index < -0.39 is 0 Å². The first-order chi connectivity index (χ1) is 7.79. The lowest BCUT2D eigenvalue weighted by Crippen LogP contribution is -2.30. The van der Waals surface area contributed by atoms with Crippen LogP contribution in [0.3, 0.4) is 0 Å². The van der Waals surface area contributed by atoms with Crippen molar-refractivity contribution in [3.05, 3.63) is 36.2 Å². The van der Waals surface area contributed by atoms with Crippen LogP contribution in [0.15, 0.2) is 24.3 Å². The van der Waals surface area contributed by atoms with Gasteiger partial charge in [-0.1, -0.05) is 25.3 Å². The molecule has 0 saturated heterocycles. The zero-order valence-electron chi connectivity index (χ0n) is 9.74. The molecule has 0 amide bonds. The minimum atomic E-state index is 0.557. The lowest BCUT2D eigenvalue weighted by molar-refractivity contribution is 0.429. The van der Waals surface area contributed by atoms with Crippen molar-refractivity contribution in [2.24, 2.45) is 5.92 Å². The van der Waals surface area contributed by atoms with E-state index in [1.54, 1.807) is 0 Å². The monoisotopic (exact) mass is 212 g/mol. The van der Waals surface area contributed by atoms with E-state index in [1.165, 1.54) is 19.3 Å². The molecule has 1 heteroatoms. The quantitative estimate of drug-likeness (QED) is 0.740. The van der Waals surface area contributed by atoms with Crippen LogP contribution >= 0.6 is 0 Å². The Bertz CT molecular complexity index is 389. The maximum absolute atomic E-state index is 5.40. The van der Waals surface area contributed by atoms with Gasteiger partial charge in [-0.05, 0) is 43.4 Å². The number of terminal acetylenes is 1. The lowest BCUT2D eigenvalue weighted by atomic mass is 9.86. The van der Waals surface area contributed by atoms with Gasteiger partial charge in [-0.15, -0.1) is 6.42 Å². The van der Waals surface area contributed by atoms with Gasteiger partial charge in [-0.2, -0.15) is 0 Å². The molecule has 1 aromatic rings. The molecule has 1 fully saturated rings. The summed E-state index contributed by atoms with van der Waals surface area (Å²) in [7, 11) is 0. The molecule has 1 radical (unpaired) electrons. The zero-order chi connectivity index (χ0) is 11.4. The van der Waals surface area contributed by atoms with Crippen LogP contribution in [0.5, 0.6) is 0 Å². The van der Waals surface area contributed by atoms with Crippen LogP contribution in [0.2, 0.25) is 0 Å². The van der Waals surface area contributed by atoms with Crippen LogP contribution in [-0.2, 0) is 0 Å². The Labute approximate surface area is 98.3 Å². The van der Waals surface area contributed by atoms with Crippen molar-refractivity contribution in [3.63, 3.8) is 0 Å². The molecule has 0 heterocycles. The molecule has 0 aliphatic heterocycles. The summed E-state index contributed by atoms with van der Waals surface area (Å²) in [6.07, 6.45) is 11.6. The highest BCUT2D eigenvalue weighted by molar-refractivity contribution is 5.50. The number of hydrogen-bond donors (Lipinski definition) is 1. The summed E-state index contributed by atoms with van der Waals surface area (Å²) in [5.41, 5.74) is 2.08. The summed E-state index contributed by atoms with van der Waals surface area (Å²) >= 11 is 0. The highest BCUT2D eigenvalue weighted by atomic mass is 14.9. The third-order valence-corrected chi connectivity index (χ3v) is 3.27. The van der Waals surface area contributed by atoms with Crippen molar-refractivity contribution < 1.29 is 0 Å². The van der Waals surface area contributed by atoms with Gasteiger partial charge < -0.3 is 5.32 Å². The van der Waals surface area contributed by atoms with Crippen LogP contribution in [0, 0.1) is 24.7 Å². The van der Waals surface area contributed by atoms with Crippen LogP contribution < -0.4 is 5.32 Å². The third kappa shape index (κ3) is 2.58. The molecule has 83 valence electrons. The molecule has 16 heavy (non-hydrogen) atoms. The van der Waals surface area contributed by atoms with Crippen molar-refractivity contribution in [2.45, 2.75) is 32.2 Å². The summed E-state index contributed by atoms with van der Waals surface area (Å²) in [6.45, 7) is 2.28. The van der Waals surface area contributed by atoms with Gasteiger partial charge >= 0.3 is 0 Å². The molecular formula is C15H18N. The van der Waals surface area contributed by atoms with Gasteiger partial charge in [0.05, 0.1) is 0 Å². The summed E-state index contributed by atoms with van der Waals surface area (Å²) in [4.78, 5) is 0. The fourth-order valence-corrected chi connectivity index (χ4v) is 2.26. The molecule has 1 saturated carbocycles. The molecule has 0 aromatic heterocycles. The smallest absolute Gasteiger partial charge is 0.0354 e. The summed E-state index contributed by atoms with van der Waals surface area (Å²) in [6, 6.07) is 8.65. The van der Waals surface area contributed by atoms with Gasteiger partial charge in [-0.3, -0.25) is 0 Å². The predicted molar refractivity (Wildman–Crippen MR) is 69.1 cm³/mol. The molecule has 1 aromatic carbocycles. The third-order valence-electron chi connectivity index (χ3n) is 3.27. The lowest BCUT2D eigenvalue weighted by Gasteiger charge is -2.30. The molecule has 0 bridgehead atoms. The first-order valence-electron chi connectivity index (χ1n) is 5.96. The summed E-state index contributed by atoms with van der Waals surface area (Å²) in [5, 5.41) is 3.58. The Hall–Kier alpha value is -1.42. The van der Waals surface area contributed by atoms with Crippen molar-refractivity contribution in [3.8, 4) is 12.3 Å².